The molecular formula is C18H35N3O3. The van der Waals surface area contributed by atoms with Crippen molar-refractivity contribution in [1.82, 2.24) is 10.6 Å². The summed E-state index contributed by atoms with van der Waals surface area (Å²) >= 11 is 0. The quantitative estimate of drug-likeness (QED) is 0.220. The lowest BCUT2D eigenvalue weighted by atomic mass is 10.1. The Balaban J connectivity index is 1.85. The summed E-state index contributed by atoms with van der Waals surface area (Å²) in [5.41, 5.74) is 0. The Kier molecular flexibility index (Phi) is 12.2. The Morgan fingerprint density at radius 2 is 1.79 bits per heavy atom. The van der Waals surface area contributed by atoms with Crippen LogP contribution in [0.25, 0.3) is 0 Å². The van der Waals surface area contributed by atoms with Crippen molar-refractivity contribution in [2.24, 2.45) is 10.9 Å². The second-order valence-corrected chi connectivity index (χ2v) is 6.27. The average Bonchev–Trinajstić information content (AvgIpc) is 3.39. The van der Waals surface area contributed by atoms with Gasteiger partial charge in [0.1, 0.15) is 0 Å². The number of rotatable bonds is 14. The molecule has 6 heteroatoms. The molecule has 140 valence electrons. The van der Waals surface area contributed by atoms with Crippen molar-refractivity contribution in [3.05, 3.63) is 0 Å². The van der Waals surface area contributed by atoms with Gasteiger partial charge in [-0.15, -0.1) is 0 Å². The molecule has 1 aliphatic rings. The first-order valence-electron chi connectivity index (χ1n) is 9.44. The van der Waals surface area contributed by atoms with Crippen LogP contribution in [0.5, 0.6) is 0 Å². The van der Waals surface area contributed by atoms with Gasteiger partial charge in [0.15, 0.2) is 5.96 Å². The molecule has 1 saturated carbocycles. The topological polar surface area (TPSA) is 72.0 Å². The van der Waals surface area contributed by atoms with Crippen LogP contribution in [-0.4, -0.2) is 51.9 Å². The molecule has 0 bridgehead atoms. The molecule has 0 unspecified atom stereocenters. The van der Waals surface area contributed by atoms with E-state index in [-0.39, 0.29) is 5.97 Å². The maximum atomic E-state index is 11.2. The molecule has 0 atom stereocenters. The summed E-state index contributed by atoms with van der Waals surface area (Å²) < 4.78 is 10.5. The van der Waals surface area contributed by atoms with Crippen molar-refractivity contribution in [2.45, 2.75) is 58.3 Å². The number of hydrogen-bond donors (Lipinski definition) is 2. The highest BCUT2D eigenvalue weighted by atomic mass is 16.5. The van der Waals surface area contributed by atoms with Crippen LogP contribution in [-0.2, 0) is 14.3 Å². The van der Waals surface area contributed by atoms with Crippen molar-refractivity contribution in [3.8, 4) is 0 Å². The van der Waals surface area contributed by atoms with E-state index in [1.54, 1.807) is 7.05 Å². The van der Waals surface area contributed by atoms with Gasteiger partial charge in [-0.1, -0.05) is 12.8 Å². The number of nitrogens with zero attached hydrogens (tertiary/aromatic N) is 1. The summed E-state index contributed by atoms with van der Waals surface area (Å²) in [6.07, 6.45) is 8.38. The summed E-state index contributed by atoms with van der Waals surface area (Å²) in [4.78, 5) is 15.4. The minimum absolute atomic E-state index is 0.0821. The molecule has 0 heterocycles. The molecule has 1 rings (SSSR count). The second-order valence-electron chi connectivity index (χ2n) is 6.27. The molecule has 6 nitrogen and oxygen atoms in total. The number of hydrogen-bond acceptors (Lipinski definition) is 4. The first kappa shape index (κ1) is 20.7. The largest absolute Gasteiger partial charge is 0.466 e. The van der Waals surface area contributed by atoms with Crippen LogP contribution >= 0.6 is 0 Å². The Morgan fingerprint density at radius 3 is 2.46 bits per heavy atom. The van der Waals surface area contributed by atoms with Crippen molar-refractivity contribution in [3.63, 3.8) is 0 Å². The molecule has 0 aliphatic heterocycles. The average molecular weight is 341 g/mol. The predicted molar refractivity (Wildman–Crippen MR) is 97.2 cm³/mol. The molecule has 24 heavy (non-hydrogen) atoms. The Labute approximate surface area is 146 Å². The van der Waals surface area contributed by atoms with Gasteiger partial charge in [0.2, 0.25) is 0 Å². The molecule has 0 spiro atoms. The number of nitrogens with one attached hydrogen (secondary N) is 2. The number of carbonyl (C=O) groups excluding carboxylic acids is 1. The van der Waals surface area contributed by atoms with Gasteiger partial charge < -0.3 is 20.1 Å². The van der Waals surface area contributed by atoms with Crippen LogP contribution in [0.2, 0.25) is 0 Å². The van der Waals surface area contributed by atoms with Crippen LogP contribution in [0.1, 0.15) is 58.3 Å². The van der Waals surface area contributed by atoms with E-state index in [1.165, 1.54) is 12.8 Å². The third kappa shape index (κ3) is 12.2. The highest BCUT2D eigenvalue weighted by Gasteiger charge is 2.20. The zero-order chi connectivity index (χ0) is 17.5. The fraction of sp³-hybridized carbons (Fsp3) is 0.889. The summed E-state index contributed by atoms with van der Waals surface area (Å²) in [7, 11) is 1.79. The predicted octanol–water partition coefficient (Wildman–Crippen LogP) is 2.48. The fourth-order valence-corrected chi connectivity index (χ4v) is 2.32. The van der Waals surface area contributed by atoms with Crippen LogP contribution in [0.4, 0.5) is 0 Å². The number of aliphatic imine (C=N–C) groups is 1. The third-order valence-corrected chi connectivity index (χ3v) is 3.94. The smallest absolute Gasteiger partial charge is 0.305 e. The highest BCUT2D eigenvalue weighted by Crippen LogP contribution is 2.28. The van der Waals surface area contributed by atoms with E-state index in [9.17, 15) is 4.79 Å². The molecule has 0 amide bonds. The molecule has 0 aromatic carbocycles. The van der Waals surface area contributed by atoms with Gasteiger partial charge >= 0.3 is 5.97 Å². The van der Waals surface area contributed by atoms with Crippen LogP contribution in [0.15, 0.2) is 4.99 Å². The lowest BCUT2D eigenvalue weighted by Gasteiger charge is -2.12. The Bertz CT molecular complexity index is 357. The first-order valence-corrected chi connectivity index (χ1v) is 9.44. The Morgan fingerprint density at radius 1 is 1.08 bits per heavy atom. The molecule has 0 aromatic heterocycles. The van der Waals surface area contributed by atoms with Gasteiger partial charge in [0.25, 0.3) is 0 Å². The highest BCUT2D eigenvalue weighted by molar-refractivity contribution is 5.79. The number of ether oxygens (including phenoxy) is 2. The molecule has 0 radical (unpaired) electrons. The van der Waals surface area contributed by atoms with Crippen LogP contribution in [0.3, 0.4) is 0 Å². The van der Waals surface area contributed by atoms with Gasteiger partial charge in [-0.2, -0.15) is 0 Å². The monoisotopic (exact) mass is 341 g/mol. The number of esters is 1. The Hall–Kier alpha value is -1.30. The van der Waals surface area contributed by atoms with E-state index in [0.29, 0.717) is 13.0 Å². The summed E-state index contributed by atoms with van der Waals surface area (Å²) in [5.74, 6) is 1.61. The minimum atomic E-state index is -0.0821. The van der Waals surface area contributed by atoms with E-state index < -0.39 is 0 Å². The van der Waals surface area contributed by atoms with Gasteiger partial charge in [-0.25, -0.2) is 0 Å². The summed E-state index contributed by atoms with van der Waals surface area (Å²) in [5, 5.41) is 6.62. The number of unbranched alkanes of at least 4 members (excludes halogenated alkanes) is 3. The molecule has 1 fully saturated rings. The fourth-order valence-electron chi connectivity index (χ4n) is 2.32. The van der Waals surface area contributed by atoms with Crippen LogP contribution < -0.4 is 10.6 Å². The molecule has 2 N–H and O–H groups in total. The van der Waals surface area contributed by atoms with Gasteiger partial charge in [-0.05, 0) is 44.9 Å². The maximum absolute atomic E-state index is 11.2. The number of guanidine groups is 1. The van der Waals surface area contributed by atoms with Crippen molar-refractivity contribution >= 4 is 11.9 Å². The van der Waals surface area contributed by atoms with Crippen molar-refractivity contribution < 1.29 is 14.3 Å². The third-order valence-electron chi connectivity index (χ3n) is 3.94. The molecular weight excluding hydrogens is 306 g/mol. The van der Waals surface area contributed by atoms with Crippen molar-refractivity contribution in [1.29, 1.82) is 0 Å². The van der Waals surface area contributed by atoms with Crippen LogP contribution in [0, 0.1) is 5.92 Å². The molecule has 0 saturated heterocycles. The van der Waals surface area contributed by atoms with E-state index in [1.807, 2.05) is 6.92 Å². The molecule has 0 aromatic rings. The lowest BCUT2D eigenvalue weighted by molar-refractivity contribution is -0.143. The SMILES string of the molecule is CCOC(=O)CCCCCCNC(=NC)NCCCOCC1CC1. The first-order chi connectivity index (χ1) is 11.8. The van der Waals surface area contributed by atoms with Gasteiger partial charge in [0.05, 0.1) is 6.61 Å². The summed E-state index contributed by atoms with van der Waals surface area (Å²) in [6, 6.07) is 0. The normalized spacial score (nSPS) is 14.5. The maximum Gasteiger partial charge on any atom is 0.305 e. The minimum Gasteiger partial charge on any atom is -0.466 e. The number of carbonyl (C=O) groups is 1. The van der Waals surface area contributed by atoms with Gasteiger partial charge in [0, 0.05) is 39.8 Å². The zero-order valence-electron chi connectivity index (χ0n) is 15.4. The van der Waals surface area contributed by atoms with E-state index in [2.05, 4.69) is 15.6 Å². The van der Waals surface area contributed by atoms with E-state index in [4.69, 9.17) is 9.47 Å². The lowest BCUT2D eigenvalue weighted by Crippen LogP contribution is -2.38. The van der Waals surface area contributed by atoms with E-state index >= 15 is 0 Å². The van der Waals surface area contributed by atoms with Crippen molar-refractivity contribution in [2.75, 3.05) is 40.0 Å². The van der Waals surface area contributed by atoms with Gasteiger partial charge in [-0.3, -0.25) is 9.79 Å². The molecule has 1 aliphatic carbocycles. The second kappa shape index (κ2) is 14.1. The zero-order valence-corrected chi connectivity index (χ0v) is 15.4. The van der Waals surface area contributed by atoms with E-state index in [0.717, 1.165) is 70.3 Å². The summed E-state index contributed by atoms with van der Waals surface area (Å²) in [6.45, 7) is 5.85. The standard InChI is InChI=1S/C18H35N3O3/c1-3-24-17(22)9-6-4-5-7-12-20-18(19-2)21-13-8-14-23-15-16-10-11-16/h16H,3-15H2,1-2H3,(H2,19,20,21).